The fraction of sp³-hybridized carbons (Fsp3) is 0.364. The van der Waals surface area contributed by atoms with Gasteiger partial charge < -0.3 is 15.0 Å². The fourth-order valence-electron chi connectivity index (χ4n) is 3.63. The van der Waals surface area contributed by atoms with Gasteiger partial charge in [-0.15, -0.1) is 36.2 Å². The van der Waals surface area contributed by atoms with E-state index in [4.69, 9.17) is 9.72 Å². The van der Waals surface area contributed by atoms with E-state index >= 15 is 0 Å². The third kappa shape index (κ3) is 7.02. The van der Waals surface area contributed by atoms with Gasteiger partial charge in [0.2, 0.25) is 5.91 Å². The zero-order valence-electron chi connectivity index (χ0n) is 18.3. The molecule has 1 N–H and O–H groups in total. The second-order valence-corrected chi connectivity index (χ2v) is 9.30. The Morgan fingerprint density at radius 3 is 2.82 bits per heavy atom. The molecule has 1 aliphatic heterocycles. The van der Waals surface area contributed by atoms with E-state index in [1.165, 1.54) is 0 Å². The average molecular weight is 575 g/mol. The lowest BCUT2D eigenvalue weighted by atomic mass is 9.98. The summed E-state index contributed by atoms with van der Waals surface area (Å²) in [7, 11) is 0. The van der Waals surface area contributed by atoms with Crippen molar-refractivity contribution in [2.75, 3.05) is 18.4 Å². The van der Waals surface area contributed by atoms with Gasteiger partial charge in [0.05, 0.1) is 11.4 Å². The van der Waals surface area contributed by atoms with Crippen molar-refractivity contribution in [2.24, 2.45) is 0 Å². The number of likely N-dealkylation sites (tertiary alicyclic amines) is 1. The molecular weight excluding hydrogens is 549 g/mol. The molecule has 0 radical (unpaired) electrons. The lowest BCUT2D eigenvalue weighted by Crippen LogP contribution is -2.29. The maximum absolute atomic E-state index is 11.7. The van der Waals surface area contributed by atoms with Crippen LogP contribution in [0, 0.1) is 6.92 Å². The minimum atomic E-state index is 0. The van der Waals surface area contributed by atoms with Gasteiger partial charge in [-0.05, 0) is 54.2 Å². The van der Waals surface area contributed by atoms with Gasteiger partial charge in [-0.3, -0.25) is 9.78 Å². The number of anilines is 2. The van der Waals surface area contributed by atoms with Crippen molar-refractivity contribution in [3.8, 4) is 11.5 Å². The van der Waals surface area contributed by atoms with Gasteiger partial charge in [0.15, 0.2) is 16.7 Å². The maximum Gasteiger partial charge on any atom is 0.219 e. The van der Waals surface area contributed by atoms with Crippen molar-refractivity contribution in [1.29, 1.82) is 0 Å². The smallest absolute Gasteiger partial charge is 0.219 e. The highest BCUT2D eigenvalue weighted by Crippen LogP contribution is 2.35. The quantitative estimate of drug-likeness (QED) is 0.374. The molecule has 1 saturated heterocycles. The topological polar surface area (TPSA) is 80.2 Å². The highest BCUT2D eigenvalue weighted by molar-refractivity contribution is 9.10. The van der Waals surface area contributed by atoms with E-state index in [1.807, 2.05) is 30.0 Å². The summed E-state index contributed by atoms with van der Waals surface area (Å²) in [6.45, 7) is 5.17. The van der Waals surface area contributed by atoms with Crippen molar-refractivity contribution in [2.45, 2.75) is 39.0 Å². The van der Waals surface area contributed by atoms with Gasteiger partial charge in [0.25, 0.3) is 0 Å². The third-order valence-corrected chi connectivity index (χ3v) is 6.55. The van der Waals surface area contributed by atoms with Crippen LogP contribution in [0.5, 0.6) is 11.5 Å². The number of pyridine rings is 2. The molecule has 1 fully saturated rings. The largest absolute Gasteiger partial charge is 0.452 e. The predicted octanol–water partition coefficient (Wildman–Crippen LogP) is 6.50. The van der Waals surface area contributed by atoms with Crippen LogP contribution in [0.2, 0.25) is 0 Å². The standard InChI is InChI=1S/C22H24BrN5O2S.2ClH/c1-14-19(6-3-8-24-14)30-20-11-17(23)12-25-21(20)27-22-26-18(13-31-22)16-5-4-9-28(10-7-16)15(2)29;;/h3,6,8,11-13,16H,4-5,7,9-10H2,1-2H3,(H,25,26,27);2*1H. The molecule has 1 unspecified atom stereocenters. The van der Waals surface area contributed by atoms with Crippen LogP contribution in [0.15, 0.2) is 40.4 Å². The van der Waals surface area contributed by atoms with E-state index in [2.05, 4.69) is 36.6 Å². The van der Waals surface area contributed by atoms with Crippen molar-refractivity contribution < 1.29 is 9.53 Å². The van der Waals surface area contributed by atoms with Gasteiger partial charge in [0, 0.05) is 54.2 Å². The molecular formula is C22H26BrCl2N5O2S. The molecule has 4 rings (SSSR count). The first-order valence-corrected chi connectivity index (χ1v) is 11.9. The van der Waals surface area contributed by atoms with Crippen LogP contribution in [0.25, 0.3) is 0 Å². The lowest BCUT2D eigenvalue weighted by Gasteiger charge is -2.17. The number of amides is 1. The molecule has 33 heavy (non-hydrogen) atoms. The number of aromatic nitrogens is 3. The molecule has 1 amide bonds. The van der Waals surface area contributed by atoms with Crippen LogP contribution in [0.4, 0.5) is 10.9 Å². The summed E-state index contributed by atoms with van der Waals surface area (Å²) >= 11 is 5.02. The van der Waals surface area contributed by atoms with E-state index in [0.717, 1.165) is 53.3 Å². The molecule has 11 heteroatoms. The number of carbonyl (C=O) groups is 1. The second-order valence-electron chi connectivity index (χ2n) is 7.53. The van der Waals surface area contributed by atoms with E-state index in [1.54, 1.807) is 30.7 Å². The third-order valence-electron chi connectivity index (χ3n) is 5.34. The fourth-order valence-corrected chi connectivity index (χ4v) is 4.73. The number of ether oxygens (including phenoxy) is 1. The van der Waals surface area contributed by atoms with Crippen LogP contribution in [-0.2, 0) is 4.79 Å². The number of carbonyl (C=O) groups excluding carboxylic acids is 1. The summed E-state index contributed by atoms with van der Waals surface area (Å²) in [4.78, 5) is 27.2. The second kappa shape index (κ2) is 12.5. The average Bonchev–Trinajstić information content (AvgIpc) is 3.06. The van der Waals surface area contributed by atoms with Crippen molar-refractivity contribution >= 4 is 68.9 Å². The van der Waals surface area contributed by atoms with Gasteiger partial charge >= 0.3 is 0 Å². The van der Waals surface area contributed by atoms with Gasteiger partial charge in [-0.25, -0.2) is 9.97 Å². The highest BCUT2D eigenvalue weighted by Gasteiger charge is 2.22. The first-order valence-electron chi connectivity index (χ1n) is 10.2. The molecule has 0 bridgehead atoms. The van der Waals surface area contributed by atoms with E-state index in [0.29, 0.717) is 23.2 Å². The van der Waals surface area contributed by atoms with E-state index < -0.39 is 0 Å². The van der Waals surface area contributed by atoms with Gasteiger partial charge in [0.1, 0.15) is 5.75 Å². The van der Waals surface area contributed by atoms with Gasteiger partial charge in [-0.2, -0.15) is 0 Å². The zero-order valence-corrected chi connectivity index (χ0v) is 22.3. The first kappa shape index (κ1) is 27.3. The Morgan fingerprint density at radius 1 is 1.24 bits per heavy atom. The predicted molar refractivity (Wildman–Crippen MR) is 140 cm³/mol. The number of rotatable bonds is 5. The zero-order chi connectivity index (χ0) is 21.8. The molecule has 1 aliphatic rings. The number of hydrogen-bond donors (Lipinski definition) is 1. The minimum absolute atomic E-state index is 0. The Morgan fingerprint density at radius 2 is 2.06 bits per heavy atom. The van der Waals surface area contributed by atoms with E-state index in [9.17, 15) is 4.79 Å². The summed E-state index contributed by atoms with van der Waals surface area (Å²) in [5.74, 6) is 2.38. The molecule has 7 nitrogen and oxygen atoms in total. The number of thiazole rings is 1. The Bertz CT molecular complexity index is 1080. The Hall–Kier alpha value is -1.94. The SMILES string of the molecule is CC(=O)N1CCCC(c2csc(Nc3ncc(Br)cc3Oc3cccnc3C)n2)CC1.Cl.Cl. The number of nitrogens with zero attached hydrogens (tertiary/aromatic N) is 4. The van der Waals surface area contributed by atoms with Crippen LogP contribution >= 0.6 is 52.1 Å². The van der Waals surface area contributed by atoms with Gasteiger partial charge in [-0.1, -0.05) is 0 Å². The van der Waals surface area contributed by atoms with Crippen molar-refractivity contribution in [1.82, 2.24) is 19.9 Å². The molecule has 3 aromatic heterocycles. The molecule has 0 saturated carbocycles. The number of nitrogens with one attached hydrogen (secondary N) is 1. The van der Waals surface area contributed by atoms with Crippen LogP contribution in [-0.4, -0.2) is 38.8 Å². The monoisotopic (exact) mass is 573 g/mol. The number of halogens is 3. The van der Waals surface area contributed by atoms with Crippen molar-refractivity contribution in [3.05, 3.63) is 51.8 Å². The van der Waals surface area contributed by atoms with Crippen molar-refractivity contribution in [3.63, 3.8) is 0 Å². The summed E-state index contributed by atoms with van der Waals surface area (Å²) in [6.07, 6.45) is 6.44. The molecule has 0 spiro atoms. The lowest BCUT2D eigenvalue weighted by molar-refractivity contribution is -0.128. The summed E-state index contributed by atoms with van der Waals surface area (Å²) in [6, 6.07) is 5.59. The Balaban J connectivity index is 0.00000193. The highest BCUT2D eigenvalue weighted by atomic mass is 79.9. The molecule has 3 aromatic rings. The molecule has 0 aromatic carbocycles. The Labute approximate surface area is 218 Å². The summed E-state index contributed by atoms with van der Waals surface area (Å²) < 4.78 is 6.91. The maximum atomic E-state index is 11.7. The number of aryl methyl sites for hydroxylation is 1. The summed E-state index contributed by atoms with van der Waals surface area (Å²) in [5, 5.41) is 6.17. The van der Waals surface area contributed by atoms with Crippen LogP contribution in [0.3, 0.4) is 0 Å². The molecule has 0 aliphatic carbocycles. The van der Waals surface area contributed by atoms with E-state index in [-0.39, 0.29) is 30.7 Å². The first-order chi connectivity index (χ1) is 15.0. The summed E-state index contributed by atoms with van der Waals surface area (Å²) in [5.41, 5.74) is 1.87. The molecule has 4 heterocycles. The Kier molecular flexibility index (Phi) is 10.3. The normalized spacial score (nSPS) is 15.6. The number of hydrogen-bond acceptors (Lipinski definition) is 7. The molecule has 1 atom stereocenters. The van der Waals surface area contributed by atoms with Crippen LogP contribution in [0.1, 0.15) is 43.5 Å². The van der Waals surface area contributed by atoms with Crippen LogP contribution < -0.4 is 10.1 Å². The minimum Gasteiger partial charge on any atom is -0.452 e. The molecule has 178 valence electrons.